The van der Waals surface area contributed by atoms with Gasteiger partial charge in [-0.3, -0.25) is 19.9 Å². The highest BCUT2D eigenvalue weighted by Crippen LogP contribution is 2.37. The Morgan fingerprint density at radius 1 is 1.13 bits per heavy atom. The Morgan fingerprint density at radius 3 is 2.73 bits per heavy atom. The van der Waals surface area contributed by atoms with Gasteiger partial charge >= 0.3 is 0 Å². The molecule has 0 saturated carbocycles. The van der Waals surface area contributed by atoms with Crippen molar-refractivity contribution in [2.24, 2.45) is 4.99 Å². The molecule has 0 spiro atoms. The number of rotatable bonds is 2. The van der Waals surface area contributed by atoms with Crippen LogP contribution in [0.15, 0.2) is 80.0 Å². The molecule has 3 heterocycles. The SMILES string of the molecule is N=C1C(=Cc2coc3ccc(O)cc3c2=O)C(=O)N=C2SC=C(c3ccccc3)N12. The molecular weight excluding hydrogens is 402 g/mol. The van der Waals surface area contributed by atoms with Crippen LogP contribution in [0.3, 0.4) is 0 Å². The number of amides is 1. The molecule has 2 aliphatic heterocycles. The van der Waals surface area contributed by atoms with Gasteiger partial charge in [-0.25, -0.2) is 0 Å². The van der Waals surface area contributed by atoms with Gasteiger partial charge in [-0.2, -0.15) is 4.99 Å². The Kier molecular flexibility index (Phi) is 4.14. The lowest BCUT2D eigenvalue weighted by molar-refractivity contribution is -0.114. The summed E-state index contributed by atoms with van der Waals surface area (Å²) >= 11 is 1.27. The van der Waals surface area contributed by atoms with Gasteiger partial charge in [0.2, 0.25) is 0 Å². The number of carbonyl (C=O) groups excluding carboxylic acids is 1. The van der Waals surface area contributed by atoms with Gasteiger partial charge in [0.25, 0.3) is 5.91 Å². The zero-order valence-corrected chi connectivity index (χ0v) is 16.1. The fourth-order valence-corrected chi connectivity index (χ4v) is 4.19. The fraction of sp³-hybridized carbons (Fsp3) is 0. The topological polar surface area (TPSA) is 107 Å². The zero-order chi connectivity index (χ0) is 20.8. The van der Waals surface area contributed by atoms with E-state index in [0.29, 0.717) is 10.8 Å². The summed E-state index contributed by atoms with van der Waals surface area (Å²) in [7, 11) is 0. The Balaban J connectivity index is 1.60. The van der Waals surface area contributed by atoms with Crippen LogP contribution in [0.2, 0.25) is 0 Å². The number of benzene rings is 2. The van der Waals surface area contributed by atoms with Crippen LogP contribution in [0.5, 0.6) is 5.75 Å². The third-order valence-corrected chi connectivity index (χ3v) is 5.59. The lowest BCUT2D eigenvalue weighted by Crippen LogP contribution is -2.38. The number of aliphatic imine (C=N–C) groups is 1. The summed E-state index contributed by atoms with van der Waals surface area (Å²) in [4.78, 5) is 31.1. The Labute approximate surface area is 174 Å². The van der Waals surface area contributed by atoms with E-state index in [1.54, 1.807) is 4.90 Å². The molecule has 30 heavy (non-hydrogen) atoms. The number of fused-ring (bicyclic) bond motifs is 2. The fourth-order valence-electron chi connectivity index (χ4n) is 3.30. The van der Waals surface area contributed by atoms with Gasteiger partial charge in [0.1, 0.15) is 23.4 Å². The Bertz CT molecular complexity index is 1390. The van der Waals surface area contributed by atoms with Crippen LogP contribution in [0.4, 0.5) is 0 Å². The van der Waals surface area contributed by atoms with Crippen molar-refractivity contribution in [1.29, 1.82) is 5.41 Å². The van der Waals surface area contributed by atoms with Crippen molar-refractivity contribution in [3.63, 3.8) is 0 Å². The highest BCUT2D eigenvalue weighted by molar-refractivity contribution is 8.17. The molecule has 1 aromatic heterocycles. The number of nitrogens with one attached hydrogen (secondary N) is 1. The minimum atomic E-state index is -0.600. The summed E-state index contributed by atoms with van der Waals surface area (Å²) in [6.07, 6.45) is 2.55. The van der Waals surface area contributed by atoms with Gasteiger partial charge in [0, 0.05) is 5.41 Å². The Hall–Kier alpha value is -3.91. The molecule has 2 aromatic carbocycles. The number of phenolic OH excluding ortho intramolecular Hbond substituents is 1. The second-order valence-electron chi connectivity index (χ2n) is 6.63. The largest absolute Gasteiger partial charge is 0.508 e. The predicted molar refractivity (Wildman–Crippen MR) is 116 cm³/mol. The standard InChI is InChI=1S/C22H13N3O4S/c23-20-16(8-13-10-29-18-7-6-14(26)9-15(18)19(13)27)21(28)24-22-25(20)17(11-30-22)12-4-2-1-3-5-12/h1-11,23,26H. The number of hydrogen-bond acceptors (Lipinski definition) is 6. The first kappa shape index (κ1) is 18.1. The van der Waals surface area contributed by atoms with Crippen molar-refractivity contribution < 1.29 is 14.3 Å². The van der Waals surface area contributed by atoms with E-state index in [0.717, 1.165) is 11.3 Å². The molecule has 2 aliphatic rings. The molecule has 3 aromatic rings. The molecule has 1 amide bonds. The molecule has 0 radical (unpaired) electrons. The minimum Gasteiger partial charge on any atom is -0.508 e. The first-order valence-electron chi connectivity index (χ1n) is 8.93. The van der Waals surface area contributed by atoms with Crippen molar-refractivity contribution >= 4 is 51.4 Å². The first-order valence-corrected chi connectivity index (χ1v) is 9.81. The van der Waals surface area contributed by atoms with Crippen LogP contribution in [0.25, 0.3) is 22.7 Å². The van der Waals surface area contributed by atoms with E-state index in [-0.39, 0.29) is 28.1 Å². The van der Waals surface area contributed by atoms with Gasteiger partial charge in [-0.15, -0.1) is 0 Å². The van der Waals surface area contributed by atoms with Crippen molar-refractivity contribution in [2.45, 2.75) is 0 Å². The van der Waals surface area contributed by atoms with E-state index in [2.05, 4.69) is 4.99 Å². The lowest BCUT2D eigenvalue weighted by atomic mass is 10.1. The molecule has 0 saturated heterocycles. The van der Waals surface area contributed by atoms with Crippen LogP contribution < -0.4 is 5.43 Å². The normalized spacial score (nSPS) is 17.3. The van der Waals surface area contributed by atoms with Crippen LogP contribution in [0.1, 0.15) is 11.1 Å². The maximum absolute atomic E-state index is 12.8. The number of nitrogens with zero attached hydrogens (tertiary/aromatic N) is 2. The molecule has 2 N–H and O–H groups in total. The van der Waals surface area contributed by atoms with Gasteiger partial charge < -0.3 is 9.52 Å². The van der Waals surface area contributed by atoms with E-state index < -0.39 is 11.3 Å². The average Bonchev–Trinajstić information content (AvgIpc) is 3.17. The summed E-state index contributed by atoms with van der Waals surface area (Å²) in [5.74, 6) is -0.737. The first-order chi connectivity index (χ1) is 14.5. The van der Waals surface area contributed by atoms with Gasteiger partial charge in [-0.05, 0) is 29.8 Å². The smallest absolute Gasteiger partial charge is 0.283 e. The van der Waals surface area contributed by atoms with Crippen LogP contribution >= 0.6 is 11.8 Å². The third-order valence-electron chi connectivity index (χ3n) is 4.77. The molecule has 0 aliphatic carbocycles. The number of aromatic hydroxyl groups is 1. The number of hydrogen-bond donors (Lipinski definition) is 2. The van der Waals surface area contributed by atoms with E-state index in [1.807, 2.05) is 35.7 Å². The number of thioether (sulfide) groups is 1. The molecule has 8 heteroatoms. The average molecular weight is 415 g/mol. The van der Waals surface area contributed by atoms with Crippen LogP contribution in [0, 0.1) is 5.41 Å². The zero-order valence-electron chi connectivity index (χ0n) is 15.3. The molecule has 0 unspecified atom stereocenters. The summed E-state index contributed by atoms with van der Waals surface area (Å²) in [5.41, 5.74) is 1.60. The highest BCUT2D eigenvalue weighted by atomic mass is 32.2. The highest BCUT2D eigenvalue weighted by Gasteiger charge is 2.36. The van der Waals surface area contributed by atoms with E-state index in [1.165, 1.54) is 42.3 Å². The maximum Gasteiger partial charge on any atom is 0.283 e. The van der Waals surface area contributed by atoms with Crippen molar-refractivity contribution in [3.8, 4) is 5.75 Å². The van der Waals surface area contributed by atoms with Crippen LogP contribution in [-0.2, 0) is 4.79 Å². The summed E-state index contributed by atoms with van der Waals surface area (Å²) in [6.45, 7) is 0. The summed E-state index contributed by atoms with van der Waals surface area (Å²) in [5, 5.41) is 20.7. The Morgan fingerprint density at radius 2 is 1.93 bits per heavy atom. The third kappa shape index (κ3) is 2.85. The van der Waals surface area contributed by atoms with E-state index in [4.69, 9.17) is 9.83 Å². The van der Waals surface area contributed by atoms with Gasteiger partial charge in [-0.1, -0.05) is 42.1 Å². The quantitative estimate of drug-likeness (QED) is 0.617. The van der Waals surface area contributed by atoms with Crippen LogP contribution in [-0.4, -0.2) is 26.9 Å². The number of carbonyl (C=O) groups is 1. The summed E-state index contributed by atoms with van der Waals surface area (Å²) < 4.78 is 5.47. The maximum atomic E-state index is 12.8. The van der Waals surface area contributed by atoms with Crippen molar-refractivity contribution in [3.05, 3.63) is 87.1 Å². The minimum absolute atomic E-state index is 0.0186. The van der Waals surface area contributed by atoms with E-state index in [9.17, 15) is 14.7 Å². The second-order valence-corrected chi connectivity index (χ2v) is 7.47. The molecule has 7 nitrogen and oxygen atoms in total. The molecule has 0 fully saturated rings. The van der Waals surface area contributed by atoms with Crippen molar-refractivity contribution in [2.75, 3.05) is 0 Å². The predicted octanol–water partition coefficient (Wildman–Crippen LogP) is 3.80. The van der Waals surface area contributed by atoms with Gasteiger partial charge in [0.15, 0.2) is 10.6 Å². The number of phenols is 1. The van der Waals surface area contributed by atoms with Crippen molar-refractivity contribution in [1.82, 2.24) is 4.90 Å². The molecular formula is C22H13N3O4S. The van der Waals surface area contributed by atoms with Gasteiger partial charge in [0.05, 0.1) is 22.2 Å². The molecule has 0 bridgehead atoms. The molecule has 146 valence electrons. The van der Waals surface area contributed by atoms with E-state index >= 15 is 0 Å². The summed E-state index contributed by atoms with van der Waals surface area (Å²) in [6, 6.07) is 13.7. The number of amidine groups is 2. The molecule has 0 atom stereocenters. The monoisotopic (exact) mass is 415 g/mol. The lowest BCUT2D eigenvalue weighted by Gasteiger charge is -2.26. The second kappa shape index (κ2) is 6.85. The molecule has 5 rings (SSSR count).